The van der Waals surface area contributed by atoms with E-state index in [4.69, 9.17) is 0 Å². The lowest BCUT2D eigenvalue weighted by molar-refractivity contribution is 0.383. The minimum Gasteiger partial charge on any atom is -0.358 e. The molecular formula is C12H18N6O. The van der Waals surface area contributed by atoms with Crippen LogP contribution in [0.5, 0.6) is 0 Å². The maximum absolute atomic E-state index is 12.3. The van der Waals surface area contributed by atoms with Crippen molar-refractivity contribution in [1.29, 1.82) is 0 Å². The number of anilines is 1. The van der Waals surface area contributed by atoms with Crippen molar-refractivity contribution in [2.24, 2.45) is 7.05 Å². The lowest BCUT2D eigenvalue weighted by Crippen LogP contribution is -2.35. The van der Waals surface area contributed by atoms with Gasteiger partial charge in [0.15, 0.2) is 11.6 Å². The van der Waals surface area contributed by atoms with Gasteiger partial charge < -0.3 is 14.5 Å². The monoisotopic (exact) mass is 262 g/mol. The summed E-state index contributed by atoms with van der Waals surface area (Å²) >= 11 is 0. The number of rotatable bonds is 3. The Morgan fingerprint density at radius 1 is 1.37 bits per heavy atom. The largest absolute Gasteiger partial charge is 0.358 e. The topological polar surface area (TPSA) is 77.6 Å². The highest BCUT2D eigenvalue weighted by Gasteiger charge is 2.16. The standard InChI is InChI=1S/C12H18N6O/c1-12(2,3)18-6-5-13-10(11(18)19)14-7-9-16-15-8-17(9)4/h5-6,8H,7H2,1-4H3,(H,13,14). The molecule has 0 spiro atoms. The van der Waals surface area contributed by atoms with Gasteiger partial charge in [0, 0.05) is 25.0 Å². The van der Waals surface area contributed by atoms with Gasteiger partial charge in [0.2, 0.25) is 0 Å². The van der Waals surface area contributed by atoms with Gasteiger partial charge >= 0.3 is 0 Å². The number of nitrogens with zero attached hydrogens (tertiary/aromatic N) is 5. The third kappa shape index (κ3) is 2.81. The van der Waals surface area contributed by atoms with Gasteiger partial charge in [-0.15, -0.1) is 10.2 Å². The highest BCUT2D eigenvalue weighted by molar-refractivity contribution is 5.31. The van der Waals surface area contributed by atoms with Gasteiger partial charge in [0.05, 0.1) is 6.54 Å². The second kappa shape index (κ2) is 4.83. The van der Waals surface area contributed by atoms with Crippen molar-refractivity contribution in [3.05, 3.63) is 34.9 Å². The molecular weight excluding hydrogens is 244 g/mol. The van der Waals surface area contributed by atoms with Crippen LogP contribution in [0.4, 0.5) is 5.82 Å². The first kappa shape index (κ1) is 13.3. The maximum Gasteiger partial charge on any atom is 0.293 e. The molecule has 2 aromatic rings. The van der Waals surface area contributed by atoms with Crippen molar-refractivity contribution in [2.75, 3.05) is 5.32 Å². The fourth-order valence-electron chi connectivity index (χ4n) is 1.69. The Bertz CT molecular complexity index is 622. The molecule has 0 aromatic carbocycles. The van der Waals surface area contributed by atoms with E-state index in [0.29, 0.717) is 12.4 Å². The molecule has 0 fully saturated rings. The van der Waals surface area contributed by atoms with E-state index < -0.39 is 0 Å². The average Bonchev–Trinajstić information content (AvgIpc) is 2.72. The summed E-state index contributed by atoms with van der Waals surface area (Å²) in [5.41, 5.74) is -0.418. The molecule has 1 N–H and O–H groups in total. The van der Waals surface area contributed by atoms with E-state index in [1.165, 1.54) is 0 Å². The van der Waals surface area contributed by atoms with Crippen molar-refractivity contribution < 1.29 is 0 Å². The van der Waals surface area contributed by atoms with Crippen LogP contribution in [-0.4, -0.2) is 24.3 Å². The van der Waals surface area contributed by atoms with E-state index in [1.54, 1.807) is 27.9 Å². The summed E-state index contributed by atoms with van der Waals surface area (Å²) in [5, 5.41) is 10.7. The second-order valence-electron chi connectivity index (χ2n) is 5.33. The van der Waals surface area contributed by atoms with E-state index >= 15 is 0 Å². The molecule has 0 saturated carbocycles. The smallest absolute Gasteiger partial charge is 0.293 e. The third-order valence-electron chi connectivity index (χ3n) is 2.78. The molecule has 19 heavy (non-hydrogen) atoms. The predicted octanol–water partition coefficient (Wildman–Crippen LogP) is 0.739. The predicted molar refractivity (Wildman–Crippen MR) is 71.8 cm³/mol. The summed E-state index contributed by atoms with van der Waals surface area (Å²) < 4.78 is 3.44. The van der Waals surface area contributed by atoms with Crippen LogP contribution in [0, 0.1) is 0 Å². The number of hydrogen-bond acceptors (Lipinski definition) is 5. The molecule has 0 bridgehead atoms. The van der Waals surface area contributed by atoms with Crippen LogP contribution in [0.2, 0.25) is 0 Å². The molecule has 7 heteroatoms. The summed E-state index contributed by atoms with van der Waals surface area (Å²) in [7, 11) is 1.85. The zero-order chi connectivity index (χ0) is 14.0. The highest BCUT2D eigenvalue weighted by atomic mass is 16.1. The van der Waals surface area contributed by atoms with Crippen molar-refractivity contribution in [3.8, 4) is 0 Å². The van der Waals surface area contributed by atoms with Crippen LogP contribution < -0.4 is 10.9 Å². The molecule has 0 radical (unpaired) electrons. The lowest BCUT2D eigenvalue weighted by atomic mass is 10.1. The van der Waals surface area contributed by atoms with Crippen molar-refractivity contribution in [3.63, 3.8) is 0 Å². The van der Waals surface area contributed by atoms with E-state index in [9.17, 15) is 4.79 Å². The van der Waals surface area contributed by atoms with Crippen LogP contribution in [0.1, 0.15) is 26.6 Å². The Morgan fingerprint density at radius 2 is 2.11 bits per heavy atom. The van der Waals surface area contributed by atoms with Crippen LogP contribution in [0.15, 0.2) is 23.5 Å². The molecule has 2 rings (SSSR count). The lowest BCUT2D eigenvalue weighted by Gasteiger charge is -2.22. The quantitative estimate of drug-likeness (QED) is 0.882. The Balaban J connectivity index is 2.23. The number of nitrogens with one attached hydrogen (secondary N) is 1. The van der Waals surface area contributed by atoms with Crippen molar-refractivity contribution in [1.82, 2.24) is 24.3 Å². The van der Waals surface area contributed by atoms with Gasteiger partial charge in [-0.05, 0) is 20.8 Å². The second-order valence-corrected chi connectivity index (χ2v) is 5.33. The molecule has 2 heterocycles. The summed E-state index contributed by atoms with van der Waals surface area (Å²) in [5.74, 6) is 1.06. The van der Waals surface area contributed by atoms with Gasteiger partial charge in [0.1, 0.15) is 6.33 Å². The number of aromatic nitrogens is 5. The van der Waals surface area contributed by atoms with Gasteiger partial charge in [-0.25, -0.2) is 4.98 Å². The Labute approximate surface area is 111 Å². The number of hydrogen-bond donors (Lipinski definition) is 1. The minimum absolute atomic E-state index is 0.142. The van der Waals surface area contributed by atoms with Gasteiger partial charge in [-0.3, -0.25) is 4.79 Å². The molecule has 0 aliphatic carbocycles. The minimum atomic E-state index is -0.277. The fourth-order valence-corrected chi connectivity index (χ4v) is 1.69. The van der Waals surface area contributed by atoms with E-state index in [2.05, 4.69) is 20.5 Å². The maximum atomic E-state index is 12.3. The summed E-state index contributed by atoms with van der Waals surface area (Å²) in [6.45, 7) is 6.33. The van der Waals surface area contributed by atoms with Crippen molar-refractivity contribution in [2.45, 2.75) is 32.9 Å². The zero-order valence-electron chi connectivity index (χ0n) is 11.6. The molecule has 0 saturated heterocycles. The van der Waals surface area contributed by atoms with Crippen LogP contribution >= 0.6 is 0 Å². The third-order valence-corrected chi connectivity index (χ3v) is 2.78. The van der Waals surface area contributed by atoms with Gasteiger partial charge in [-0.2, -0.15) is 0 Å². The highest BCUT2D eigenvalue weighted by Crippen LogP contribution is 2.10. The summed E-state index contributed by atoms with van der Waals surface area (Å²) in [6, 6.07) is 0. The molecule has 0 aliphatic heterocycles. The first-order chi connectivity index (χ1) is 8.89. The fraction of sp³-hybridized carbons (Fsp3) is 0.500. The average molecular weight is 262 g/mol. The first-order valence-corrected chi connectivity index (χ1v) is 6.04. The molecule has 0 atom stereocenters. The van der Waals surface area contributed by atoms with Crippen LogP contribution in [-0.2, 0) is 19.1 Å². The van der Waals surface area contributed by atoms with Crippen LogP contribution in [0.3, 0.4) is 0 Å². The Kier molecular flexibility index (Phi) is 3.37. The van der Waals surface area contributed by atoms with Crippen LogP contribution in [0.25, 0.3) is 0 Å². The first-order valence-electron chi connectivity index (χ1n) is 6.04. The van der Waals surface area contributed by atoms with E-state index in [0.717, 1.165) is 5.82 Å². The molecule has 0 amide bonds. The number of aryl methyl sites for hydroxylation is 1. The SMILES string of the molecule is Cn1cnnc1CNc1nccn(C(C)(C)C)c1=O. The molecule has 0 unspecified atom stereocenters. The molecule has 2 aromatic heterocycles. The van der Waals surface area contributed by atoms with E-state index in [1.807, 2.05) is 27.8 Å². The van der Waals surface area contributed by atoms with Gasteiger partial charge in [-0.1, -0.05) is 0 Å². The van der Waals surface area contributed by atoms with Crippen molar-refractivity contribution >= 4 is 5.82 Å². The molecule has 102 valence electrons. The van der Waals surface area contributed by atoms with E-state index in [-0.39, 0.29) is 11.1 Å². The summed E-state index contributed by atoms with van der Waals surface area (Å²) in [4.78, 5) is 16.3. The summed E-state index contributed by atoms with van der Waals surface area (Å²) in [6.07, 6.45) is 4.92. The molecule has 7 nitrogen and oxygen atoms in total. The zero-order valence-corrected chi connectivity index (χ0v) is 11.6. The molecule has 0 aliphatic rings. The van der Waals surface area contributed by atoms with Gasteiger partial charge in [0.25, 0.3) is 5.56 Å². The normalized spacial score (nSPS) is 11.6. The Hall–Kier alpha value is -2.18. The Morgan fingerprint density at radius 3 is 2.68 bits per heavy atom.